The topological polar surface area (TPSA) is 64.1 Å². The molecule has 0 spiro atoms. The molecule has 1 atom stereocenters. The molecular formula is C20H19N3O2. The number of hydrogen-bond acceptors (Lipinski definition) is 4. The third-order valence-electron chi connectivity index (χ3n) is 4.55. The van der Waals surface area contributed by atoms with Gasteiger partial charge in [0.15, 0.2) is 0 Å². The number of hydrogen-bond donors (Lipinski definition) is 1. The van der Waals surface area contributed by atoms with Crippen molar-refractivity contribution in [1.29, 1.82) is 0 Å². The fourth-order valence-corrected chi connectivity index (χ4v) is 3.18. The highest BCUT2D eigenvalue weighted by Crippen LogP contribution is 2.26. The smallest absolute Gasteiger partial charge is 0.251 e. The van der Waals surface area contributed by atoms with Crippen LogP contribution in [0, 0.1) is 5.92 Å². The molecule has 0 saturated carbocycles. The maximum absolute atomic E-state index is 12.5. The average Bonchev–Trinajstić information content (AvgIpc) is 2.87. The maximum Gasteiger partial charge on any atom is 0.251 e. The van der Waals surface area contributed by atoms with Crippen molar-refractivity contribution >= 4 is 16.9 Å². The molecule has 25 heavy (non-hydrogen) atoms. The van der Waals surface area contributed by atoms with Crippen LogP contribution in [0.15, 0.2) is 54.9 Å². The molecule has 1 aliphatic heterocycles. The Kier molecular flexibility index (Phi) is 4.29. The minimum atomic E-state index is -0.0778. The Hall–Kier alpha value is -2.95. The summed E-state index contributed by atoms with van der Waals surface area (Å²) < 4.78 is 5.79. The van der Waals surface area contributed by atoms with Gasteiger partial charge in [0.25, 0.3) is 5.91 Å². The highest BCUT2D eigenvalue weighted by molar-refractivity contribution is 5.97. The first-order valence-electron chi connectivity index (χ1n) is 8.49. The number of nitrogens with zero attached hydrogens (tertiary/aromatic N) is 2. The minimum Gasteiger partial charge on any atom is -0.493 e. The van der Waals surface area contributed by atoms with Crippen molar-refractivity contribution in [3.8, 4) is 5.75 Å². The largest absolute Gasteiger partial charge is 0.493 e. The molecule has 126 valence electrons. The van der Waals surface area contributed by atoms with Gasteiger partial charge in [-0.3, -0.25) is 14.8 Å². The summed E-state index contributed by atoms with van der Waals surface area (Å²) in [5.41, 5.74) is 3.34. The number of rotatable bonds is 3. The lowest BCUT2D eigenvalue weighted by Crippen LogP contribution is -2.30. The normalized spacial score (nSPS) is 16.6. The molecular weight excluding hydrogens is 314 g/mol. The third-order valence-corrected chi connectivity index (χ3v) is 4.55. The number of ether oxygens (including phenoxy) is 1. The lowest BCUT2D eigenvalue weighted by molar-refractivity contribution is 0.0945. The Bertz CT molecular complexity index is 910. The maximum atomic E-state index is 12.5. The first-order valence-corrected chi connectivity index (χ1v) is 8.49. The molecule has 0 saturated heterocycles. The molecule has 0 bridgehead atoms. The Labute approximate surface area is 146 Å². The van der Waals surface area contributed by atoms with Gasteiger partial charge >= 0.3 is 0 Å². The zero-order valence-electron chi connectivity index (χ0n) is 13.8. The van der Waals surface area contributed by atoms with Crippen molar-refractivity contribution in [1.82, 2.24) is 15.3 Å². The number of para-hydroxylation sites is 1. The second kappa shape index (κ2) is 6.89. The van der Waals surface area contributed by atoms with Crippen LogP contribution in [-0.2, 0) is 6.42 Å². The van der Waals surface area contributed by atoms with Gasteiger partial charge in [-0.25, -0.2) is 0 Å². The van der Waals surface area contributed by atoms with E-state index in [1.54, 1.807) is 24.5 Å². The van der Waals surface area contributed by atoms with E-state index in [-0.39, 0.29) is 5.91 Å². The molecule has 1 N–H and O–H groups in total. The lowest BCUT2D eigenvalue weighted by atomic mass is 9.97. The number of carbonyl (C=O) groups is 1. The van der Waals surface area contributed by atoms with Crippen molar-refractivity contribution in [2.45, 2.75) is 12.8 Å². The Morgan fingerprint density at radius 1 is 1.12 bits per heavy atom. The monoisotopic (exact) mass is 333 g/mol. The molecule has 0 fully saturated rings. The molecule has 2 aromatic carbocycles. The fourth-order valence-electron chi connectivity index (χ4n) is 3.18. The number of fused-ring (bicyclic) bond motifs is 2. The highest BCUT2D eigenvalue weighted by atomic mass is 16.5. The van der Waals surface area contributed by atoms with Gasteiger partial charge in [0, 0.05) is 24.5 Å². The standard InChI is InChI=1S/C20H19N3O2/c24-20(16-5-6-17-18(12-16)22-9-8-21-17)23-13-14-7-10-25-19-4-2-1-3-15(19)11-14/h1-6,8-9,12,14H,7,10-11,13H2,(H,23,24)/t14-/m0/s1. The first kappa shape index (κ1) is 15.6. The van der Waals surface area contributed by atoms with E-state index in [9.17, 15) is 4.79 Å². The fraction of sp³-hybridized carbons (Fsp3) is 0.250. The first-order chi connectivity index (χ1) is 12.3. The number of nitrogens with one attached hydrogen (secondary N) is 1. The van der Waals surface area contributed by atoms with Crippen molar-refractivity contribution in [3.05, 3.63) is 66.0 Å². The van der Waals surface area contributed by atoms with Crippen LogP contribution in [0.25, 0.3) is 11.0 Å². The molecule has 3 aromatic rings. The number of aromatic nitrogens is 2. The molecule has 2 heterocycles. The van der Waals surface area contributed by atoms with Crippen LogP contribution in [0.5, 0.6) is 5.75 Å². The number of benzene rings is 2. The zero-order valence-corrected chi connectivity index (χ0v) is 13.8. The Morgan fingerprint density at radius 3 is 2.88 bits per heavy atom. The van der Waals surface area contributed by atoms with Gasteiger partial charge < -0.3 is 10.1 Å². The van der Waals surface area contributed by atoms with Gasteiger partial charge in [-0.1, -0.05) is 18.2 Å². The Balaban J connectivity index is 1.42. The summed E-state index contributed by atoms with van der Waals surface area (Å²) in [5, 5.41) is 3.05. The summed E-state index contributed by atoms with van der Waals surface area (Å²) in [6.45, 7) is 1.32. The quantitative estimate of drug-likeness (QED) is 0.800. The van der Waals surface area contributed by atoms with Gasteiger partial charge in [0.05, 0.1) is 17.6 Å². The molecule has 0 unspecified atom stereocenters. The van der Waals surface area contributed by atoms with E-state index in [2.05, 4.69) is 21.4 Å². The molecule has 5 heteroatoms. The van der Waals surface area contributed by atoms with Crippen LogP contribution in [0.2, 0.25) is 0 Å². The predicted octanol–water partition coefficient (Wildman–Crippen LogP) is 3.00. The van der Waals surface area contributed by atoms with E-state index in [1.807, 2.05) is 24.3 Å². The van der Waals surface area contributed by atoms with Gasteiger partial charge in [0.1, 0.15) is 5.75 Å². The zero-order chi connectivity index (χ0) is 17.1. The van der Waals surface area contributed by atoms with Gasteiger partial charge in [-0.05, 0) is 48.6 Å². The summed E-state index contributed by atoms with van der Waals surface area (Å²) in [7, 11) is 0. The van der Waals surface area contributed by atoms with Crippen LogP contribution in [-0.4, -0.2) is 29.0 Å². The van der Waals surface area contributed by atoms with Gasteiger partial charge in [-0.15, -0.1) is 0 Å². The highest BCUT2D eigenvalue weighted by Gasteiger charge is 2.18. The summed E-state index contributed by atoms with van der Waals surface area (Å²) in [4.78, 5) is 20.9. The van der Waals surface area contributed by atoms with Gasteiger partial charge in [0.2, 0.25) is 0 Å². The average molecular weight is 333 g/mol. The molecule has 0 radical (unpaired) electrons. The summed E-state index contributed by atoms with van der Waals surface area (Å²) in [6.07, 6.45) is 5.12. The number of carbonyl (C=O) groups excluding carboxylic acids is 1. The van der Waals surface area contributed by atoms with Crippen molar-refractivity contribution in [2.24, 2.45) is 5.92 Å². The number of amides is 1. The minimum absolute atomic E-state index is 0.0778. The molecule has 1 aromatic heterocycles. The Morgan fingerprint density at radius 2 is 1.96 bits per heavy atom. The van der Waals surface area contributed by atoms with E-state index in [0.29, 0.717) is 24.6 Å². The van der Waals surface area contributed by atoms with E-state index in [0.717, 1.165) is 29.6 Å². The van der Waals surface area contributed by atoms with Crippen molar-refractivity contribution in [2.75, 3.05) is 13.2 Å². The summed E-state index contributed by atoms with van der Waals surface area (Å²) in [6, 6.07) is 13.5. The molecule has 1 aliphatic rings. The lowest BCUT2D eigenvalue weighted by Gasteiger charge is -2.14. The molecule has 1 amide bonds. The third kappa shape index (κ3) is 3.45. The predicted molar refractivity (Wildman–Crippen MR) is 95.6 cm³/mol. The van der Waals surface area contributed by atoms with E-state index in [1.165, 1.54) is 5.56 Å². The van der Waals surface area contributed by atoms with E-state index >= 15 is 0 Å². The van der Waals surface area contributed by atoms with Crippen LogP contribution in [0.1, 0.15) is 22.3 Å². The van der Waals surface area contributed by atoms with Crippen LogP contribution in [0.4, 0.5) is 0 Å². The van der Waals surface area contributed by atoms with Crippen molar-refractivity contribution < 1.29 is 9.53 Å². The second-order valence-corrected chi connectivity index (χ2v) is 6.28. The van der Waals surface area contributed by atoms with Crippen molar-refractivity contribution in [3.63, 3.8) is 0 Å². The molecule has 0 aliphatic carbocycles. The summed E-state index contributed by atoms with van der Waals surface area (Å²) >= 11 is 0. The van der Waals surface area contributed by atoms with Crippen LogP contribution >= 0.6 is 0 Å². The van der Waals surface area contributed by atoms with E-state index < -0.39 is 0 Å². The molecule has 5 nitrogen and oxygen atoms in total. The SMILES string of the molecule is O=C(NC[C@H]1CCOc2ccccc2C1)c1ccc2nccnc2c1. The summed E-state index contributed by atoms with van der Waals surface area (Å²) in [5.74, 6) is 1.25. The van der Waals surface area contributed by atoms with Crippen LogP contribution < -0.4 is 10.1 Å². The second-order valence-electron chi connectivity index (χ2n) is 6.28. The molecule has 4 rings (SSSR count). The van der Waals surface area contributed by atoms with Crippen LogP contribution in [0.3, 0.4) is 0 Å². The van der Waals surface area contributed by atoms with E-state index in [4.69, 9.17) is 4.74 Å². The van der Waals surface area contributed by atoms with Gasteiger partial charge in [-0.2, -0.15) is 0 Å².